The molecule has 0 radical (unpaired) electrons. The standard InChI is InChI=1S/C27H26F3N5O2/c28-27(29,30)20-7-9-21(10-8-20)32-23-5-3-4-18-16-34(15-12-22(18)23)25(36)19-11-14-35(17-19)26(37)33-24-6-1-2-13-31-24/h1-10,13,19,32H,11-12,14-17H2,(H,31,33,37). The van der Waals surface area contributed by atoms with Crippen LogP contribution in [0.1, 0.15) is 23.1 Å². The molecule has 3 aromatic rings. The molecule has 2 N–H and O–H groups in total. The summed E-state index contributed by atoms with van der Waals surface area (Å²) in [5.74, 6) is 0.236. The lowest BCUT2D eigenvalue weighted by molar-refractivity contribution is -0.137. The summed E-state index contributed by atoms with van der Waals surface area (Å²) in [7, 11) is 0. The number of aromatic nitrogens is 1. The molecule has 1 atom stereocenters. The van der Waals surface area contributed by atoms with Crippen LogP contribution < -0.4 is 10.6 Å². The second-order valence-corrected chi connectivity index (χ2v) is 9.23. The highest BCUT2D eigenvalue weighted by atomic mass is 19.4. The van der Waals surface area contributed by atoms with E-state index in [-0.39, 0.29) is 17.9 Å². The minimum absolute atomic E-state index is 0.0277. The summed E-state index contributed by atoms with van der Waals surface area (Å²) >= 11 is 0. The van der Waals surface area contributed by atoms with Gasteiger partial charge in [0.05, 0.1) is 11.5 Å². The number of nitrogens with zero attached hydrogens (tertiary/aromatic N) is 3. The number of carbonyl (C=O) groups excluding carboxylic acids is 2. The number of hydrogen-bond acceptors (Lipinski definition) is 4. The van der Waals surface area contributed by atoms with Crippen LogP contribution >= 0.6 is 0 Å². The Morgan fingerprint density at radius 3 is 2.49 bits per heavy atom. The van der Waals surface area contributed by atoms with Crippen molar-refractivity contribution in [2.24, 2.45) is 5.92 Å². The van der Waals surface area contributed by atoms with Crippen LogP contribution in [0.25, 0.3) is 0 Å². The zero-order chi connectivity index (χ0) is 26.0. The summed E-state index contributed by atoms with van der Waals surface area (Å²) < 4.78 is 38.6. The molecule has 192 valence electrons. The van der Waals surface area contributed by atoms with Crippen molar-refractivity contribution in [3.63, 3.8) is 0 Å². The number of fused-ring (bicyclic) bond motifs is 1. The van der Waals surface area contributed by atoms with Crippen molar-refractivity contribution in [1.82, 2.24) is 14.8 Å². The Hall–Kier alpha value is -4.08. The van der Waals surface area contributed by atoms with E-state index in [9.17, 15) is 22.8 Å². The van der Waals surface area contributed by atoms with E-state index in [2.05, 4.69) is 15.6 Å². The summed E-state index contributed by atoms with van der Waals surface area (Å²) in [6.07, 6.45) is -1.54. The number of likely N-dealkylation sites (tertiary alicyclic amines) is 1. The second-order valence-electron chi connectivity index (χ2n) is 9.23. The van der Waals surface area contributed by atoms with Gasteiger partial charge in [0.1, 0.15) is 5.82 Å². The summed E-state index contributed by atoms with van der Waals surface area (Å²) in [5, 5.41) is 5.98. The van der Waals surface area contributed by atoms with Gasteiger partial charge < -0.3 is 15.1 Å². The fourth-order valence-corrected chi connectivity index (χ4v) is 4.84. The van der Waals surface area contributed by atoms with Crippen LogP contribution in [-0.2, 0) is 23.9 Å². The topological polar surface area (TPSA) is 77.6 Å². The minimum Gasteiger partial charge on any atom is -0.355 e. The molecule has 2 aliphatic rings. The van der Waals surface area contributed by atoms with Gasteiger partial charge in [0, 0.05) is 43.8 Å². The monoisotopic (exact) mass is 509 g/mol. The third kappa shape index (κ3) is 5.52. The fraction of sp³-hybridized carbons (Fsp3) is 0.296. The number of nitrogens with one attached hydrogen (secondary N) is 2. The van der Waals surface area contributed by atoms with Crippen LogP contribution in [0.5, 0.6) is 0 Å². The summed E-state index contributed by atoms with van der Waals surface area (Å²) in [6, 6.07) is 15.7. The molecule has 1 unspecified atom stereocenters. The van der Waals surface area contributed by atoms with Crippen molar-refractivity contribution < 1.29 is 22.8 Å². The van der Waals surface area contributed by atoms with E-state index in [0.717, 1.165) is 28.9 Å². The molecule has 0 aliphatic carbocycles. The van der Waals surface area contributed by atoms with Crippen molar-refractivity contribution in [2.75, 3.05) is 30.3 Å². The van der Waals surface area contributed by atoms with Crippen molar-refractivity contribution >= 4 is 29.1 Å². The largest absolute Gasteiger partial charge is 0.416 e. The molecule has 2 aromatic carbocycles. The Morgan fingerprint density at radius 1 is 0.946 bits per heavy atom. The van der Waals surface area contributed by atoms with Crippen molar-refractivity contribution in [3.8, 4) is 0 Å². The van der Waals surface area contributed by atoms with Gasteiger partial charge >= 0.3 is 12.2 Å². The smallest absolute Gasteiger partial charge is 0.355 e. The van der Waals surface area contributed by atoms with E-state index in [1.165, 1.54) is 12.1 Å². The van der Waals surface area contributed by atoms with Crippen molar-refractivity contribution in [2.45, 2.75) is 25.6 Å². The van der Waals surface area contributed by atoms with Gasteiger partial charge in [0.25, 0.3) is 0 Å². The predicted octanol–water partition coefficient (Wildman–Crippen LogP) is 5.28. The lowest BCUT2D eigenvalue weighted by Gasteiger charge is -2.32. The first kappa shape index (κ1) is 24.6. The molecule has 0 spiro atoms. The Kier molecular flexibility index (Phi) is 6.73. The van der Waals surface area contributed by atoms with Crippen molar-refractivity contribution in [3.05, 3.63) is 83.6 Å². The minimum atomic E-state index is -4.38. The number of carbonyl (C=O) groups is 2. The molecule has 3 heterocycles. The van der Waals surface area contributed by atoms with Gasteiger partial charge in [-0.25, -0.2) is 9.78 Å². The van der Waals surface area contributed by atoms with Crippen LogP contribution in [0.15, 0.2) is 66.9 Å². The molecular weight excluding hydrogens is 483 g/mol. The van der Waals surface area contributed by atoms with Gasteiger partial charge in [-0.15, -0.1) is 0 Å². The summed E-state index contributed by atoms with van der Waals surface area (Å²) in [4.78, 5) is 33.4. The molecule has 1 saturated heterocycles. The zero-order valence-corrected chi connectivity index (χ0v) is 20.0. The number of benzene rings is 2. The van der Waals surface area contributed by atoms with E-state index in [4.69, 9.17) is 0 Å². The molecule has 2 aliphatic heterocycles. The first-order chi connectivity index (χ1) is 17.8. The summed E-state index contributed by atoms with van der Waals surface area (Å²) in [5.41, 5.74) is 2.74. The van der Waals surface area contributed by atoms with Crippen LogP contribution in [0.4, 0.5) is 35.2 Å². The van der Waals surface area contributed by atoms with E-state index < -0.39 is 11.7 Å². The molecule has 3 amide bonds. The van der Waals surface area contributed by atoms with E-state index in [0.29, 0.717) is 50.5 Å². The number of halogens is 3. The Morgan fingerprint density at radius 2 is 1.76 bits per heavy atom. The SMILES string of the molecule is O=C(Nc1ccccn1)N1CCC(C(=O)N2CCc3c(cccc3Nc3ccc(C(F)(F)F)cc3)C2)C1. The predicted molar refractivity (Wildman–Crippen MR) is 133 cm³/mol. The maximum Gasteiger partial charge on any atom is 0.416 e. The number of hydrogen-bond donors (Lipinski definition) is 2. The van der Waals surface area contributed by atoms with Gasteiger partial charge in [0.2, 0.25) is 5.91 Å². The number of anilines is 3. The van der Waals surface area contributed by atoms with Crippen LogP contribution in [0.3, 0.4) is 0 Å². The molecule has 37 heavy (non-hydrogen) atoms. The Balaban J connectivity index is 1.20. The first-order valence-corrected chi connectivity index (χ1v) is 12.1. The van der Waals surface area contributed by atoms with Crippen LogP contribution in [-0.4, -0.2) is 46.4 Å². The van der Waals surface area contributed by atoms with Gasteiger partial charge in [-0.1, -0.05) is 18.2 Å². The normalized spacial score (nSPS) is 17.3. The third-order valence-corrected chi connectivity index (χ3v) is 6.79. The van der Waals surface area contributed by atoms with Gasteiger partial charge in [-0.05, 0) is 66.4 Å². The van der Waals surface area contributed by atoms with Crippen LogP contribution in [0, 0.1) is 5.92 Å². The molecule has 10 heteroatoms. The van der Waals surface area contributed by atoms with Gasteiger partial charge in [0.15, 0.2) is 0 Å². The lowest BCUT2D eigenvalue weighted by Crippen LogP contribution is -2.41. The Labute approximate surface area is 212 Å². The maximum absolute atomic E-state index is 13.3. The zero-order valence-electron chi connectivity index (χ0n) is 20.0. The highest BCUT2D eigenvalue weighted by Crippen LogP contribution is 2.33. The van der Waals surface area contributed by atoms with Gasteiger partial charge in [-0.3, -0.25) is 10.1 Å². The maximum atomic E-state index is 13.3. The van der Waals surface area contributed by atoms with E-state index in [1.54, 1.807) is 29.3 Å². The number of pyridine rings is 1. The van der Waals surface area contributed by atoms with Crippen LogP contribution in [0.2, 0.25) is 0 Å². The highest BCUT2D eigenvalue weighted by Gasteiger charge is 2.35. The highest BCUT2D eigenvalue weighted by molar-refractivity contribution is 5.89. The summed E-state index contributed by atoms with van der Waals surface area (Å²) in [6.45, 7) is 1.85. The molecular formula is C27H26F3N5O2. The number of alkyl halides is 3. The average Bonchev–Trinajstić information content (AvgIpc) is 3.39. The quantitative estimate of drug-likeness (QED) is 0.502. The molecule has 1 fully saturated rings. The third-order valence-electron chi connectivity index (χ3n) is 6.79. The van der Waals surface area contributed by atoms with Gasteiger partial charge in [-0.2, -0.15) is 13.2 Å². The molecule has 1 aromatic heterocycles. The first-order valence-electron chi connectivity index (χ1n) is 12.1. The Bertz CT molecular complexity index is 1280. The number of amides is 3. The number of rotatable bonds is 4. The number of urea groups is 1. The molecule has 7 nitrogen and oxygen atoms in total. The fourth-order valence-electron chi connectivity index (χ4n) is 4.84. The van der Waals surface area contributed by atoms with E-state index in [1.807, 2.05) is 23.1 Å². The second kappa shape index (κ2) is 10.1. The molecule has 0 bridgehead atoms. The average molecular weight is 510 g/mol. The van der Waals surface area contributed by atoms with Crippen molar-refractivity contribution in [1.29, 1.82) is 0 Å². The van der Waals surface area contributed by atoms with E-state index >= 15 is 0 Å². The molecule has 0 saturated carbocycles. The molecule has 5 rings (SSSR count). The lowest BCUT2D eigenvalue weighted by atomic mass is 9.96.